The number of thioether (sulfide) groups is 1. The normalized spacial score (nSPS) is 10.9. The average molecular weight is 210 g/mol. The van der Waals surface area contributed by atoms with Crippen LogP contribution < -0.4 is 5.32 Å². The van der Waals surface area contributed by atoms with Crippen LogP contribution in [-0.2, 0) is 6.54 Å². The van der Waals surface area contributed by atoms with Crippen molar-refractivity contribution < 1.29 is 0 Å². The summed E-state index contributed by atoms with van der Waals surface area (Å²) in [6.07, 6.45) is 1.95. The van der Waals surface area contributed by atoms with Crippen molar-refractivity contribution in [1.82, 2.24) is 10.3 Å². The van der Waals surface area contributed by atoms with E-state index in [1.165, 1.54) is 5.56 Å². The molecular weight excluding hydrogens is 192 g/mol. The van der Waals surface area contributed by atoms with Crippen molar-refractivity contribution in [3.63, 3.8) is 0 Å². The van der Waals surface area contributed by atoms with Crippen LogP contribution in [-0.4, -0.2) is 16.8 Å². The summed E-state index contributed by atoms with van der Waals surface area (Å²) < 4.78 is 0. The molecule has 0 aliphatic carbocycles. The molecular formula is C11H18N2S. The van der Waals surface area contributed by atoms with Crippen LogP contribution >= 0.6 is 11.8 Å². The van der Waals surface area contributed by atoms with Gasteiger partial charge in [-0.1, -0.05) is 26.8 Å². The van der Waals surface area contributed by atoms with Gasteiger partial charge < -0.3 is 5.32 Å². The summed E-state index contributed by atoms with van der Waals surface area (Å²) in [5.74, 6) is 1.08. The zero-order valence-electron chi connectivity index (χ0n) is 9.08. The second kappa shape index (κ2) is 6.04. The molecule has 1 aromatic rings. The molecule has 2 nitrogen and oxygen atoms in total. The highest BCUT2D eigenvalue weighted by molar-refractivity contribution is 7.99. The van der Waals surface area contributed by atoms with Crippen LogP contribution in [0.25, 0.3) is 0 Å². The van der Waals surface area contributed by atoms with Gasteiger partial charge in [-0.05, 0) is 17.4 Å². The minimum Gasteiger partial charge on any atom is -0.310 e. The Balaban J connectivity index is 2.46. The van der Waals surface area contributed by atoms with Crippen LogP contribution in [0.2, 0.25) is 0 Å². The first-order valence-electron chi connectivity index (χ1n) is 5.03. The molecule has 0 saturated carbocycles. The van der Waals surface area contributed by atoms with E-state index in [0.717, 1.165) is 17.3 Å². The van der Waals surface area contributed by atoms with E-state index in [4.69, 9.17) is 0 Å². The number of hydrogen-bond acceptors (Lipinski definition) is 3. The van der Waals surface area contributed by atoms with E-state index in [2.05, 4.69) is 43.2 Å². The van der Waals surface area contributed by atoms with E-state index < -0.39 is 0 Å². The lowest BCUT2D eigenvalue weighted by atomic mass is 10.2. The van der Waals surface area contributed by atoms with E-state index in [-0.39, 0.29) is 0 Å². The summed E-state index contributed by atoms with van der Waals surface area (Å²) in [5, 5.41) is 4.48. The number of rotatable bonds is 5. The maximum atomic E-state index is 4.37. The Bertz CT molecular complexity index is 256. The van der Waals surface area contributed by atoms with Gasteiger partial charge in [-0.2, -0.15) is 0 Å². The Labute approximate surface area is 90.5 Å². The zero-order valence-corrected chi connectivity index (χ0v) is 9.90. The molecule has 0 aromatic carbocycles. The van der Waals surface area contributed by atoms with Gasteiger partial charge in [-0.25, -0.2) is 4.98 Å². The lowest BCUT2D eigenvalue weighted by molar-refractivity contribution is 0.587. The molecule has 0 bridgehead atoms. The second-order valence-electron chi connectivity index (χ2n) is 3.47. The van der Waals surface area contributed by atoms with E-state index in [0.29, 0.717) is 6.04 Å². The molecule has 1 N–H and O–H groups in total. The monoisotopic (exact) mass is 210 g/mol. The van der Waals surface area contributed by atoms with E-state index in [1.54, 1.807) is 11.8 Å². The fourth-order valence-corrected chi connectivity index (χ4v) is 1.66. The molecule has 0 unspecified atom stereocenters. The molecule has 0 atom stereocenters. The Morgan fingerprint density at radius 2 is 2.21 bits per heavy atom. The third-order valence-corrected chi connectivity index (χ3v) is 2.63. The first-order valence-corrected chi connectivity index (χ1v) is 6.02. The maximum absolute atomic E-state index is 4.37. The third-order valence-electron chi connectivity index (χ3n) is 1.80. The molecule has 78 valence electrons. The van der Waals surface area contributed by atoms with Crippen LogP contribution in [0.4, 0.5) is 0 Å². The third kappa shape index (κ3) is 4.11. The average Bonchev–Trinajstić information content (AvgIpc) is 2.17. The highest BCUT2D eigenvalue weighted by Gasteiger charge is 1.97. The second-order valence-corrected chi connectivity index (χ2v) is 4.76. The Morgan fingerprint density at radius 3 is 2.71 bits per heavy atom. The van der Waals surface area contributed by atoms with Crippen LogP contribution in [0.5, 0.6) is 0 Å². The van der Waals surface area contributed by atoms with E-state index in [1.807, 2.05) is 6.20 Å². The van der Waals surface area contributed by atoms with Gasteiger partial charge in [-0.15, -0.1) is 11.8 Å². The molecule has 0 saturated heterocycles. The first-order chi connectivity index (χ1) is 6.72. The number of aromatic nitrogens is 1. The fourth-order valence-electron chi connectivity index (χ4n) is 1.07. The molecule has 1 rings (SSSR count). The minimum atomic E-state index is 0.527. The molecule has 3 heteroatoms. The molecule has 1 aromatic heterocycles. The summed E-state index contributed by atoms with van der Waals surface area (Å²) >= 11 is 1.78. The predicted octanol–water partition coefficient (Wildman–Crippen LogP) is 2.69. The van der Waals surface area contributed by atoms with Gasteiger partial charge in [0.15, 0.2) is 0 Å². The van der Waals surface area contributed by atoms with Crippen LogP contribution in [0.15, 0.2) is 23.4 Å². The van der Waals surface area contributed by atoms with Crippen LogP contribution in [0.1, 0.15) is 26.3 Å². The Hall–Kier alpha value is -0.540. The summed E-state index contributed by atoms with van der Waals surface area (Å²) in [6, 6.07) is 4.76. The van der Waals surface area contributed by atoms with E-state index >= 15 is 0 Å². The number of hydrogen-bond donors (Lipinski definition) is 1. The largest absolute Gasteiger partial charge is 0.310 e. The van der Waals surface area contributed by atoms with E-state index in [9.17, 15) is 0 Å². The maximum Gasteiger partial charge on any atom is 0.0959 e. The van der Waals surface area contributed by atoms with Gasteiger partial charge in [0.05, 0.1) is 5.03 Å². The number of nitrogens with zero attached hydrogens (tertiary/aromatic N) is 1. The van der Waals surface area contributed by atoms with Crippen molar-refractivity contribution in [3.8, 4) is 0 Å². The highest BCUT2D eigenvalue weighted by Crippen LogP contribution is 2.14. The van der Waals surface area contributed by atoms with Crippen molar-refractivity contribution in [3.05, 3.63) is 23.9 Å². The van der Waals surface area contributed by atoms with Crippen molar-refractivity contribution in [2.24, 2.45) is 0 Å². The van der Waals surface area contributed by atoms with Gasteiger partial charge in [0.2, 0.25) is 0 Å². The topological polar surface area (TPSA) is 24.9 Å². The highest BCUT2D eigenvalue weighted by atomic mass is 32.2. The zero-order chi connectivity index (χ0) is 10.4. The first kappa shape index (κ1) is 11.5. The molecule has 0 radical (unpaired) electrons. The summed E-state index contributed by atoms with van der Waals surface area (Å²) in [6.45, 7) is 7.34. The van der Waals surface area contributed by atoms with Gasteiger partial charge in [0.25, 0.3) is 0 Å². The van der Waals surface area contributed by atoms with Crippen LogP contribution in [0.3, 0.4) is 0 Å². The number of nitrogens with one attached hydrogen (secondary N) is 1. The predicted molar refractivity (Wildman–Crippen MR) is 62.6 cm³/mol. The lowest BCUT2D eigenvalue weighted by Crippen LogP contribution is -2.21. The Morgan fingerprint density at radius 1 is 1.43 bits per heavy atom. The SMILES string of the molecule is CCSc1ccc(CNC(C)C)cn1. The lowest BCUT2D eigenvalue weighted by Gasteiger charge is -2.07. The standard InChI is InChI=1S/C11H18N2S/c1-4-14-11-6-5-10(8-13-11)7-12-9(2)3/h5-6,8-9,12H,4,7H2,1-3H3. The van der Waals surface area contributed by atoms with Crippen molar-refractivity contribution in [1.29, 1.82) is 0 Å². The molecule has 0 spiro atoms. The van der Waals surface area contributed by atoms with Crippen LogP contribution in [0, 0.1) is 0 Å². The molecule has 0 aliphatic heterocycles. The molecule has 14 heavy (non-hydrogen) atoms. The smallest absolute Gasteiger partial charge is 0.0959 e. The summed E-state index contributed by atoms with van der Waals surface area (Å²) in [7, 11) is 0. The Kier molecular flexibility index (Phi) is 4.98. The summed E-state index contributed by atoms with van der Waals surface area (Å²) in [5.41, 5.74) is 1.25. The molecule has 0 aliphatic rings. The van der Waals surface area contributed by atoms with Gasteiger partial charge >= 0.3 is 0 Å². The minimum absolute atomic E-state index is 0.527. The summed E-state index contributed by atoms with van der Waals surface area (Å²) in [4.78, 5) is 4.37. The fraction of sp³-hybridized carbons (Fsp3) is 0.545. The van der Waals surface area contributed by atoms with Gasteiger partial charge in [-0.3, -0.25) is 0 Å². The number of pyridine rings is 1. The quantitative estimate of drug-likeness (QED) is 0.756. The molecule has 0 amide bonds. The van der Waals surface area contributed by atoms with Gasteiger partial charge in [0.1, 0.15) is 0 Å². The van der Waals surface area contributed by atoms with Crippen molar-refractivity contribution in [2.45, 2.75) is 38.4 Å². The molecule has 1 heterocycles. The van der Waals surface area contributed by atoms with Crippen molar-refractivity contribution >= 4 is 11.8 Å². The van der Waals surface area contributed by atoms with Crippen molar-refractivity contribution in [2.75, 3.05) is 5.75 Å². The van der Waals surface area contributed by atoms with Gasteiger partial charge in [0, 0.05) is 18.8 Å². The molecule has 0 fully saturated rings.